The standard InChI is InChI=1S/C18H22N2O3/c1-3-23-17-10-9-14(22-2)12-16(17)20-18(21)11-8-13-6-4-5-7-15(13)19/h4-7,9-10,12H,3,8,11,19H2,1-2H3,(H,20,21). The lowest BCUT2D eigenvalue weighted by Gasteiger charge is -2.13. The van der Waals surface area contributed by atoms with Gasteiger partial charge in [-0.2, -0.15) is 0 Å². The number of carbonyl (C=O) groups excluding carboxylic acids is 1. The van der Waals surface area contributed by atoms with Crippen LogP contribution in [-0.4, -0.2) is 19.6 Å². The molecule has 5 nitrogen and oxygen atoms in total. The van der Waals surface area contributed by atoms with Crippen molar-refractivity contribution in [2.24, 2.45) is 0 Å². The summed E-state index contributed by atoms with van der Waals surface area (Å²) in [5.74, 6) is 1.19. The highest BCUT2D eigenvalue weighted by Crippen LogP contribution is 2.29. The van der Waals surface area contributed by atoms with Crippen LogP contribution in [0.3, 0.4) is 0 Å². The van der Waals surface area contributed by atoms with Crippen molar-refractivity contribution < 1.29 is 14.3 Å². The van der Waals surface area contributed by atoms with Crippen LogP contribution in [0, 0.1) is 0 Å². The van der Waals surface area contributed by atoms with Crippen LogP contribution in [0.2, 0.25) is 0 Å². The third-order valence-electron chi connectivity index (χ3n) is 3.44. The highest BCUT2D eigenvalue weighted by atomic mass is 16.5. The second-order valence-electron chi connectivity index (χ2n) is 5.04. The molecule has 3 N–H and O–H groups in total. The van der Waals surface area contributed by atoms with Crippen LogP contribution in [-0.2, 0) is 11.2 Å². The number of amides is 1. The van der Waals surface area contributed by atoms with Gasteiger partial charge in [-0.3, -0.25) is 4.79 Å². The van der Waals surface area contributed by atoms with Crippen molar-refractivity contribution in [3.8, 4) is 11.5 Å². The van der Waals surface area contributed by atoms with Crippen LogP contribution in [0.25, 0.3) is 0 Å². The number of nitrogens with two attached hydrogens (primary N) is 1. The lowest BCUT2D eigenvalue weighted by molar-refractivity contribution is -0.116. The first-order valence-corrected chi connectivity index (χ1v) is 7.58. The highest BCUT2D eigenvalue weighted by Gasteiger charge is 2.10. The first kappa shape index (κ1) is 16.7. The normalized spacial score (nSPS) is 10.2. The third-order valence-corrected chi connectivity index (χ3v) is 3.44. The lowest BCUT2D eigenvalue weighted by Crippen LogP contribution is -2.14. The fraction of sp³-hybridized carbons (Fsp3) is 0.278. The molecule has 0 aromatic heterocycles. The molecule has 0 bridgehead atoms. The van der Waals surface area contributed by atoms with Gasteiger partial charge in [0.25, 0.3) is 0 Å². The average Bonchev–Trinajstić information content (AvgIpc) is 2.56. The minimum absolute atomic E-state index is 0.0949. The van der Waals surface area contributed by atoms with E-state index in [-0.39, 0.29) is 5.91 Å². The number of nitrogens with one attached hydrogen (secondary N) is 1. The van der Waals surface area contributed by atoms with Gasteiger partial charge in [-0.05, 0) is 37.1 Å². The monoisotopic (exact) mass is 314 g/mol. The van der Waals surface area contributed by atoms with Crippen LogP contribution in [0.1, 0.15) is 18.9 Å². The molecule has 2 aromatic carbocycles. The Morgan fingerprint density at radius 2 is 2.00 bits per heavy atom. The molecule has 0 radical (unpaired) electrons. The van der Waals surface area contributed by atoms with E-state index >= 15 is 0 Å². The number of hydrogen-bond acceptors (Lipinski definition) is 4. The van der Waals surface area contributed by atoms with E-state index in [9.17, 15) is 4.79 Å². The topological polar surface area (TPSA) is 73.6 Å². The van der Waals surface area contributed by atoms with Gasteiger partial charge in [0.15, 0.2) is 0 Å². The Balaban J connectivity index is 2.03. The third kappa shape index (κ3) is 4.64. The van der Waals surface area contributed by atoms with E-state index in [4.69, 9.17) is 15.2 Å². The molecule has 0 saturated carbocycles. The number of aryl methyl sites for hydroxylation is 1. The second kappa shape index (κ2) is 8.08. The van der Waals surface area contributed by atoms with E-state index in [2.05, 4.69) is 5.32 Å². The highest BCUT2D eigenvalue weighted by molar-refractivity contribution is 5.92. The molecule has 122 valence electrons. The Morgan fingerprint density at radius 1 is 1.22 bits per heavy atom. The maximum Gasteiger partial charge on any atom is 0.224 e. The number of hydrogen-bond donors (Lipinski definition) is 2. The van der Waals surface area contributed by atoms with Gasteiger partial charge in [-0.15, -0.1) is 0 Å². The number of anilines is 2. The summed E-state index contributed by atoms with van der Waals surface area (Å²) in [5, 5.41) is 2.88. The number of benzene rings is 2. The Labute approximate surface area is 136 Å². The van der Waals surface area contributed by atoms with Gasteiger partial charge >= 0.3 is 0 Å². The molecular weight excluding hydrogens is 292 g/mol. The Hall–Kier alpha value is -2.69. The van der Waals surface area contributed by atoms with Crippen molar-refractivity contribution in [2.75, 3.05) is 24.8 Å². The number of nitrogen functional groups attached to an aromatic ring is 1. The lowest BCUT2D eigenvalue weighted by atomic mass is 10.1. The SMILES string of the molecule is CCOc1ccc(OC)cc1NC(=O)CCc1ccccc1N. The number of para-hydroxylation sites is 1. The van der Waals surface area contributed by atoms with Crippen LogP contribution in [0.5, 0.6) is 11.5 Å². The minimum Gasteiger partial charge on any atom is -0.497 e. The molecule has 0 saturated heterocycles. The number of methoxy groups -OCH3 is 1. The maximum atomic E-state index is 12.2. The van der Waals surface area contributed by atoms with Gasteiger partial charge < -0.3 is 20.5 Å². The average molecular weight is 314 g/mol. The summed E-state index contributed by atoms with van der Waals surface area (Å²) in [7, 11) is 1.58. The van der Waals surface area contributed by atoms with Gasteiger partial charge in [0.1, 0.15) is 11.5 Å². The molecule has 23 heavy (non-hydrogen) atoms. The second-order valence-corrected chi connectivity index (χ2v) is 5.04. The number of rotatable bonds is 7. The first-order valence-electron chi connectivity index (χ1n) is 7.58. The van der Waals surface area contributed by atoms with Crippen molar-refractivity contribution in [1.29, 1.82) is 0 Å². The molecule has 0 heterocycles. The zero-order valence-corrected chi connectivity index (χ0v) is 13.5. The summed E-state index contributed by atoms with van der Waals surface area (Å²) in [6.45, 7) is 2.42. The smallest absolute Gasteiger partial charge is 0.224 e. The van der Waals surface area contributed by atoms with Crippen molar-refractivity contribution >= 4 is 17.3 Å². The van der Waals surface area contributed by atoms with E-state index in [0.29, 0.717) is 42.3 Å². The summed E-state index contributed by atoms with van der Waals surface area (Å²) < 4.78 is 10.7. The van der Waals surface area contributed by atoms with Crippen molar-refractivity contribution in [3.05, 3.63) is 48.0 Å². The van der Waals surface area contributed by atoms with Gasteiger partial charge in [0, 0.05) is 18.2 Å². The van der Waals surface area contributed by atoms with E-state index in [1.54, 1.807) is 25.3 Å². The van der Waals surface area contributed by atoms with Crippen molar-refractivity contribution in [1.82, 2.24) is 0 Å². The van der Waals surface area contributed by atoms with Gasteiger partial charge in [0.2, 0.25) is 5.91 Å². The number of carbonyl (C=O) groups is 1. The predicted octanol–water partition coefficient (Wildman–Crippen LogP) is 3.25. The zero-order chi connectivity index (χ0) is 16.7. The van der Waals surface area contributed by atoms with Gasteiger partial charge in [-0.25, -0.2) is 0 Å². The minimum atomic E-state index is -0.0949. The number of ether oxygens (including phenoxy) is 2. The summed E-state index contributed by atoms with van der Waals surface area (Å²) in [6.07, 6.45) is 0.934. The maximum absolute atomic E-state index is 12.2. The summed E-state index contributed by atoms with van der Waals surface area (Å²) >= 11 is 0. The molecule has 0 fully saturated rings. The molecule has 0 aliphatic carbocycles. The molecule has 0 aliphatic rings. The fourth-order valence-corrected chi connectivity index (χ4v) is 2.24. The summed E-state index contributed by atoms with van der Waals surface area (Å²) in [5.41, 5.74) is 8.18. The molecule has 5 heteroatoms. The summed E-state index contributed by atoms with van der Waals surface area (Å²) in [6, 6.07) is 12.9. The van der Waals surface area contributed by atoms with Crippen LogP contribution < -0.4 is 20.5 Å². The molecule has 2 rings (SSSR count). The quantitative estimate of drug-likeness (QED) is 0.769. The molecule has 2 aromatic rings. The molecule has 0 aliphatic heterocycles. The van der Waals surface area contributed by atoms with Crippen LogP contribution in [0.15, 0.2) is 42.5 Å². The Kier molecular flexibility index (Phi) is 5.86. The Bertz CT molecular complexity index is 671. The predicted molar refractivity (Wildman–Crippen MR) is 92.0 cm³/mol. The van der Waals surface area contributed by atoms with Crippen LogP contribution >= 0.6 is 0 Å². The Morgan fingerprint density at radius 3 is 2.70 bits per heavy atom. The fourth-order valence-electron chi connectivity index (χ4n) is 2.24. The molecule has 0 unspecified atom stereocenters. The first-order chi connectivity index (χ1) is 11.1. The largest absolute Gasteiger partial charge is 0.497 e. The van der Waals surface area contributed by atoms with Gasteiger partial charge in [-0.1, -0.05) is 18.2 Å². The zero-order valence-electron chi connectivity index (χ0n) is 13.5. The van der Waals surface area contributed by atoms with Crippen LogP contribution in [0.4, 0.5) is 11.4 Å². The van der Waals surface area contributed by atoms with E-state index < -0.39 is 0 Å². The van der Waals surface area contributed by atoms with E-state index in [1.807, 2.05) is 31.2 Å². The molecule has 0 spiro atoms. The van der Waals surface area contributed by atoms with E-state index in [0.717, 1.165) is 5.56 Å². The molecule has 0 atom stereocenters. The van der Waals surface area contributed by atoms with Crippen molar-refractivity contribution in [2.45, 2.75) is 19.8 Å². The van der Waals surface area contributed by atoms with Gasteiger partial charge in [0.05, 0.1) is 19.4 Å². The molecular formula is C18H22N2O3. The summed E-state index contributed by atoms with van der Waals surface area (Å²) in [4.78, 5) is 12.2. The van der Waals surface area contributed by atoms with E-state index in [1.165, 1.54) is 0 Å². The van der Waals surface area contributed by atoms with Crippen molar-refractivity contribution in [3.63, 3.8) is 0 Å². The molecule has 1 amide bonds.